The largest absolute Gasteiger partial charge is 0.299 e. The van der Waals surface area contributed by atoms with Gasteiger partial charge in [0.15, 0.2) is 0 Å². The average Bonchev–Trinajstić information content (AvgIpc) is 2.57. The van der Waals surface area contributed by atoms with Crippen LogP contribution in [-0.2, 0) is 13.1 Å². The van der Waals surface area contributed by atoms with Gasteiger partial charge < -0.3 is 0 Å². The molecule has 4 nitrogen and oxygen atoms in total. The highest BCUT2D eigenvalue weighted by atomic mass is 19.1. The number of aromatic nitrogens is 2. The Labute approximate surface area is 152 Å². The minimum atomic E-state index is -0.536. The molecule has 0 atom stereocenters. The summed E-state index contributed by atoms with van der Waals surface area (Å²) >= 11 is 0. The number of hydrogen-bond acceptors (Lipinski definition) is 3. The van der Waals surface area contributed by atoms with Gasteiger partial charge in [-0.05, 0) is 55.5 Å². The van der Waals surface area contributed by atoms with Gasteiger partial charge in [-0.2, -0.15) is 0 Å². The number of benzene rings is 1. The molecule has 6 heteroatoms. The van der Waals surface area contributed by atoms with Gasteiger partial charge in [-0.15, -0.1) is 0 Å². The van der Waals surface area contributed by atoms with E-state index in [9.17, 15) is 13.6 Å². The fourth-order valence-electron chi connectivity index (χ4n) is 3.46. The van der Waals surface area contributed by atoms with E-state index in [2.05, 4.69) is 9.88 Å². The van der Waals surface area contributed by atoms with Crippen molar-refractivity contribution in [3.63, 3.8) is 0 Å². The van der Waals surface area contributed by atoms with E-state index in [1.54, 1.807) is 17.0 Å². The number of likely N-dealkylation sites (tertiary alicyclic amines) is 1. The van der Waals surface area contributed by atoms with Crippen LogP contribution in [0.3, 0.4) is 0 Å². The molecule has 140 valence electrons. The van der Waals surface area contributed by atoms with Gasteiger partial charge >= 0.3 is 0 Å². The third-order valence-electron chi connectivity index (χ3n) is 4.98. The predicted octanol–water partition coefficient (Wildman–Crippen LogP) is 3.56. The maximum atomic E-state index is 13.3. The number of rotatable bonds is 5. The maximum Gasteiger partial charge on any atom is 0.253 e. The second-order valence-corrected chi connectivity index (χ2v) is 7.46. The van der Waals surface area contributed by atoms with Crippen LogP contribution < -0.4 is 5.56 Å². The molecule has 0 amide bonds. The van der Waals surface area contributed by atoms with Crippen LogP contribution >= 0.6 is 0 Å². The van der Waals surface area contributed by atoms with Gasteiger partial charge in [0.2, 0.25) is 0 Å². The van der Waals surface area contributed by atoms with E-state index in [0.29, 0.717) is 24.6 Å². The molecular formula is C20H25F2N3O. The smallest absolute Gasteiger partial charge is 0.253 e. The van der Waals surface area contributed by atoms with E-state index in [4.69, 9.17) is 0 Å². The highest BCUT2D eigenvalue weighted by Crippen LogP contribution is 2.21. The van der Waals surface area contributed by atoms with E-state index in [-0.39, 0.29) is 11.5 Å². The first-order valence-electron chi connectivity index (χ1n) is 9.14. The van der Waals surface area contributed by atoms with Crippen molar-refractivity contribution in [2.75, 3.05) is 13.1 Å². The Bertz CT molecular complexity index is 791. The standard InChI is InChI=1S/C20H25F2N3O/c1-14(2)19-10-20(26)25(13-23-19)12-15-3-5-24(6-4-15)11-16-7-17(21)9-18(22)8-16/h7-10,13-15H,3-6,11-12H2,1-2H3. The molecule has 0 saturated carbocycles. The molecule has 0 bridgehead atoms. The highest BCUT2D eigenvalue weighted by molar-refractivity contribution is 5.17. The molecule has 0 N–H and O–H groups in total. The molecule has 0 spiro atoms. The lowest BCUT2D eigenvalue weighted by atomic mass is 9.96. The Balaban J connectivity index is 1.55. The minimum Gasteiger partial charge on any atom is -0.299 e. The van der Waals surface area contributed by atoms with E-state index < -0.39 is 11.6 Å². The maximum absolute atomic E-state index is 13.3. The van der Waals surface area contributed by atoms with Crippen LogP contribution in [0.4, 0.5) is 8.78 Å². The molecule has 2 aromatic rings. The van der Waals surface area contributed by atoms with Crippen LogP contribution in [0.5, 0.6) is 0 Å². The van der Waals surface area contributed by atoms with Gasteiger partial charge in [-0.25, -0.2) is 13.8 Å². The lowest BCUT2D eigenvalue weighted by Crippen LogP contribution is -2.36. The van der Waals surface area contributed by atoms with Crippen molar-refractivity contribution < 1.29 is 8.78 Å². The zero-order chi connectivity index (χ0) is 18.7. The first kappa shape index (κ1) is 18.7. The third kappa shape index (κ3) is 4.75. The molecule has 26 heavy (non-hydrogen) atoms. The zero-order valence-electron chi connectivity index (χ0n) is 15.3. The number of halogens is 2. The summed E-state index contributed by atoms with van der Waals surface area (Å²) in [6, 6.07) is 5.29. The third-order valence-corrected chi connectivity index (χ3v) is 4.98. The van der Waals surface area contributed by atoms with Crippen molar-refractivity contribution in [3.8, 4) is 0 Å². The van der Waals surface area contributed by atoms with Crippen LogP contribution in [0.1, 0.15) is 43.9 Å². The summed E-state index contributed by atoms with van der Waals surface area (Å²) in [4.78, 5) is 18.8. The summed E-state index contributed by atoms with van der Waals surface area (Å²) in [6.45, 7) is 6.97. The lowest BCUT2D eigenvalue weighted by Gasteiger charge is -2.32. The molecule has 0 unspecified atom stereocenters. The molecule has 2 heterocycles. The summed E-state index contributed by atoms with van der Waals surface area (Å²) < 4.78 is 28.3. The molecule has 0 aliphatic carbocycles. The molecule has 3 rings (SSSR count). The molecule has 1 saturated heterocycles. The number of hydrogen-bond donors (Lipinski definition) is 0. The summed E-state index contributed by atoms with van der Waals surface area (Å²) in [5, 5.41) is 0. The van der Waals surface area contributed by atoms with Crippen molar-refractivity contribution in [1.82, 2.24) is 14.5 Å². The highest BCUT2D eigenvalue weighted by Gasteiger charge is 2.20. The molecular weight excluding hydrogens is 336 g/mol. The van der Waals surface area contributed by atoms with Crippen molar-refractivity contribution in [1.29, 1.82) is 0 Å². The number of nitrogens with zero attached hydrogens (tertiary/aromatic N) is 3. The molecule has 1 aliphatic heterocycles. The van der Waals surface area contributed by atoms with Gasteiger partial charge in [0, 0.05) is 25.2 Å². The predicted molar refractivity (Wildman–Crippen MR) is 96.9 cm³/mol. The van der Waals surface area contributed by atoms with Crippen LogP contribution in [0.25, 0.3) is 0 Å². The van der Waals surface area contributed by atoms with Crippen molar-refractivity contribution >= 4 is 0 Å². The van der Waals surface area contributed by atoms with Crippen molar-refractivity contribution in [2.45, 2.75) is 45.7 Å². The fraction of sp³-hybridized carbons (Fsp3) is 0.500. The van der Waals surface area contributed by atoms with E-state index in [1.807, 2.05) is 13.8 Å². The summed E-state index contributed by atoms with van der Waals surface area (Å²) in [6.07, 6.45) is 3.56. The van der Waals surface area contributed by atoms with Crippen molar-refractivity contribution in [2.24, 2.45) is 5.92 Å². The Morgan fingerprint density at radius 1 is 1.12 bits per heavy atom. The van der Waals surface area contributed by atoms with Crippen LogP contribution in [0, 0.1) is 17.6 Å². The van der Waals surface area contributed by atoms with Crippen molar-refractivity contribution in [3.05, 3.63) is 63.8 Å². The van der Waals surface area contributed by atoms with E-state index in [1.165, 1.54) is 12.1 Å². The zero-order valence-corrected chi connectivity index (χ0v) is 15.3. The summed E-state index contributed by atoms with van der Waals surface area (Å²) in [7, 11) is 0. The first-order valence-corrected chi connectivity index (χ1v) is 9.14. The second kappa shape index (κ2) is 8.08. The normalized spacial score (nSPS) is 16.3. The SMILES string of the molecule is CC(C)c1cc(=O)n(CC2CCN(Cc3cc(F)cc(F)c3)CC2)cn1. The van der Waals surface area contributed by atoms with Crippen LogP contribution in [-0.4, -0.2) is 27.5 Å². The van der Waals surface area contributed by atoms with Gasteiger partial charge in [0.25, 0.3) is 5.56 Å². The van der Waals surface area contributed by atoms with Crippen LogP contribution in [0.2, 0.25) is 0 Å². The lowest BCUT2D eigenvalue weighted by molar-refractivity contribution is 0.166. The monoisotopic (exact) mass is 361 g/mol. The summed E-state index contributed by atoms with van der Waals surface area (Å²) in [5.74, 6) is -0.411. The van der Waals surface area contributed by atoms with Gasteiger partial charge in [0.05, 0.1) is 12.0 Å². The second-order valence-electron chi connectivity index (χ2n) is 7.46. The topological polar surface area (TPSA) is 38.1 Å². The van der Waals surface area contributed by atoms with E-state index in [0.717, 1.165) is 37.7 Å². The quantitative estimate of drug-likeness (QED) is 0.817. The Morgan fingerprint density at radius 2 is 1.77 bits per heavy atom. The van der Waals surface area contributed by atoms with Crippen LogP contribution in [0.15, 0.2) is 35.4 Å². The molecule has 0 radical (unpaired) electrons. The van der Waals surface area contributed by atoms with Gasteiger partial charge in [-0.3, -0.25) is 14.3 Å². The van der Waals surface area contributed by atoms with Gasteiger partial charge in [-0.1, -0.05) is 13.8 Å². The van der Waals surface area contributed by atoms with Gasteiger partial charge in [0.1, 0.15) is 11.6 Å². The minimum absolute atomic E-state index is 0.00126. The average molecular weight is 361 g/mol. The Kier molecular flexibility index (Phi) is 5.81. The number of piperidine rings is 1. The fourth-order valence-corrected chi connectivity index (χ4v) is 3.46. The summed E-state index contributed by atoms with van der Waals surface area (Å²) in [5.41, 5.74) is 1.48. The Hall–Kier alpha value is -2.08. The molecule has 1 aliphatic rings. The molecule has 1 aromatic carbocycles. The first-order chi connectivity index (χ1) is 12.4. The van der Waals surface area contributed by atoms with E-state index >= 15 is 0 Å². The molecule has 1 aromatic heterocycles. The molecule has 1 fully saturated rings. The Morgan fingerprint density at radius 3 is 2.35 bits per heavy atom.